The van der Waals surface area contributed by atoms with E-state index in [-0.39, 0.29) is 25.0 Å². The summed E-state index contributed by atoms with van der Waals surface area (Å²) in [7, 11) is 0. The van der Waals surface area contributed by atoms with Gasteiger partial charge in [0.25, 0.3) is 11.8 Å². The number of benzene rings is 6. The second-order valence-corrected chi connectivity index (χ2v) is 11.8. The Morgan fingerprint density at radius 2 is 0.880 bits per heavy atom. The molecule has 0 bridgehead atoms. The molecule has 2 heterocycles. The summed E-state index contributed by atoms with van der Waals surface area (Å²) in [5.74, 6) is 0.359. The van der Waals surface area contributed by atoms with Crippen molar-refractivity contribution in [2.24, 2.45) is 0 Å². The van der Waals surface area contributed by atoms with E-state index in [4.69, 9.17) is 9.47 Å². The molecule has 6 aromatic carbocycles. The predicted molar refractivity (Wildman–Crippen MR) is 199 cm³/mol. The molecule has 0 fully saturated rings. The van der Waals surface area contributed by atoms with E-state index in [2.05, 4.69) is 20.6 Å². The topological polar surface area (TPSA) is 102 Å². The Bertz CT molecular complexity index is 2380. The van der Waals surface area contributed by atoms with Crippen LogP contribution in [0.3, 0.4) is 0 Å². The van der Waals surface area contributed by atoms with E-state index in [0.717, 1.165) is 43.4 Å². The number of nitrogens with zero attached hydrogens (tertiary/aromatic N) is 2. The van der Waals surface area contributed by atoms with Crippen molar-refractivity contribution in [2.45, 2.75) is 0 Å². The third kappa shape index (κ3) is 6.02. The van der Waals surface area contributed by atoms with Gasteiger partial charge in [0.05, 0.1) is 22.4 Å². The highest BCUT2D eigenvalue weighted by Crippen LogP contribution is 2.45. The fourth-order valence-corrected chi connectivity index (χ4v) is 6.33. The highest BCUT2D eigenvalue weighted by molar-refractivity contribution is 6.10. The lowest BCUT2D eigenvalue weighted by atomic mass is 9.92. The SMILES string of the molecule is O=C(COc1ccc2ccccc2c1-c1c(OCC(=O)Nc2cccc3cccnc23)ccc2ccccc12)Nc1cccc2cccnc12. The van der Waals surface area contributed by atoms with Gasteiger partial charge in [-0.2, -0.15) is 0 Å². The van der Waals surface area contributed by atoms with Gasteiger partial charge in [-0.05, 0) is 57.9 Å². The maximum atomic E-state index is 13.3. The summed E-state index contributed by atoms with van der Waals surface area (Å²) in [5, 5.41) is 11.6. The van der Waals surface area contributed by atoms with Crippen LogP contribution in [0, 0.1) is 0 Å². The predicted octanol–water partition coefficient (Wildman–Crippen LogP) is 8.79. The number of hydrogen-bond donors (Lipinski definition) is 2. The van der Waals surface area contributed by atoms with Gasteiger partial charge in [-0.15, -0.1) is 0 Å². The molecule has 0 radical (unpaired) electrons. The Kier molecular flexibility index (Phi) is 8.16. The number of pyridine rings is 2. The molecule has 8 nitrogen and oxygen atoms in total. The van der Waals surface area contributed by atoms with E-state index in [1.54, 1.807) is 12.4 Å². The monoisotopic (exact) mass is 654 g/mol. The maximum absolute atomic E-state index is 13.3. The quantitative estimate of drug-likeness (QED) is 0.161. The molecule has 0 unspecified atom stereocenters. The summed E-state index contributed by atoms with van der Waals surface area (Å²) < 4.78 is 12.6. The van der Waals surface area contributed by atoms with Gasteiger partial charge in [0.1, 0.15) is 11.5 Å². The summed E-state index contributed by atoms with van der Waals surface area (Å²) in [5.41, 5.74) is 4.14. The molecule has 0 atom stereocenters. The zero-order valence-electron chi connectivity index (χ0n) is 26.8. The third-order valence-electron chi connectivity index (χ3n) is 8.56. The lowest BCUT2D eigenvalue weighted by molar-refractivity contribution is -0.118. The first-order chi connectivity index (χ1) is 24.6. The second-order valence-electron chi connectivity index (χ2n) is 11.8. The first-order valence-corrected chi connectivity index (χ1v) is 16.2. The molecule has 0 aliphatic heterocycles. The molecule has 0 saturated carbocycles. The minimum atomic E-state index is -0.323. The highest BCUT2D eigenvalue weighted by Gasteiger charge is 2.21. The van der Waals surface area contributed by atoms with Crippen molar-refractivity contribution in [3.63, 3.8) is 0 Å². The summed E-state index contributed by atoms with van der Waals surface area (Å²) in [6.07, 6.45) is 3.40. The fraction of sp³-hybridized carbons (Fsp3) is 0.0476. The number of rotatable bonds is 9. The van der Waals surface area contributed by atoms with Gasteiger partial charge < -0.3 is 20.1 Å². The van der Waals surface area contributed by atoms with Crippen LogP contribution in [0.5, 0.6) is 11.5 Å². The molecule has 2 aromatic heterocycles. The van der Waals surface area contributed by atoms with Gasteiger partial charge >= 0.3 is 0 Å². The van der Waals surface area contributed by atoms with Gasteiger partial charge in [0, 0.05) is 34.3 Å². The molecule has 0 aliphatic carbocycles. The molecular weight excluding hydrogens is 624 g/mol. The van der Waals surface area contributed by atoms with Gasteiger partial charge in [-0.25, -0.2) is 0 Å². The van der Waals surface area contributed by atoms with Crippen molar-refractivity contribution in [1.82, 2.24) is 9.97 Å². The highest BCUT2D eigenvalue weighted by atomic mass is 16.5. The summed E-state index contributed by atoms with van der Waals surface area (Å²) in [6, 6.07) is 42.6. The van der Waals surface area contributed by atoms with Gasteiger partial charge in [0.2, 0.25) is 0 Å². The van der Waals surface area contributed by atoms with E-state index < -0.39 is 0 Å². The van der Waals surface area contributed by atoms with Crippen molar-refractivity contribution in [3.05, 3.63) is 146 Å². The van der Waals surface area contributed by atoms with Gasteiger partial charge in [0.15, 0.2) is 13.2 Å². The first-order valence-electron chi connectivity index (χ1n) is 16.2. The molecule has 242 valence electrons. The van der Waals surface area contributed by atoms with E-state index >= 15 is 0 Å². The largest absolute Gasteiger partial charge is 0.483 e. The number of nitrogens with one attached hydrogen (secondary N) is 2. The number of ether oxygens (including phenoxy) is 2. The van der Waals surface area contributed by atoms with Crippen molar-refractivity contribution in [3.8, 4) is 22.6 Å². The Morgan fingerprint density at radius 1 is 0.460 bits per heavy atom. The molecule has 2 N–H and O–H groups in total. The van der Waals surface area contributed by atoms with Crippen molar-refractivity contribution in [1.29, 1.82) is 0 Å². The maximum Gasteiger partial charge on any atom is 0.262 e. The fourth-order valence-electron chi connectivity index (χ4n) is 6.33. The van der Waals surface area contributed by atoms with Gasteiger partial charge in [-0.3, -0.25) is 19.6 Å². The number of carbonyl (C=O) groups excluding carboxylic acids is 2. The molecular formula is C42H30N4O4. The lowest BCUT2D eigenvalue weighted by Gasteiger charge is -2.20. The first kappa shape index (κ1) is 30.5. The minimum absolute atomic E-state index is 0.239. The number of carbonyl (C=O) groups is 2. The van der Waals surface area contributed by atoms with E-state index in [1.807, 2.05) is 133 Å². The number of anilines is 2. The van der Waals surface area contributed by atoms with Crippen LogP contribution in [0.4, 0.5) is 11.4 Å². The molecule has 50 heavy (non-hydrogen) atoms. The van der Waals surface area contributed by atoms with Crippen LogP contribution < -0.4 is 20.1 Å². The Balaban J connectivity index is 1.13. The van der Waals surface area contributed by atoms with Crippen molar-refractivity contribution >= 4 is 66.5 Å². The van der Waals surface area contributed by atoms with Crippen LogP contribution >= 0.6 is 0 Å². The standard InChI is InChI=1S/C42H30N4O4/c47-37(45-33-17-5-11-29-13-7-23-43-41(29)33)25-49-35-21-19-27-9-1-3-15-31(27)39(35)40-32-16-4-2-10-28(32)20-22-36(40)50-26-38(48)46-34-18-6-12-30-14-8-24-44-42(30)34/h1-24H,25-26H2,(H,45,47)(H,46,48). The third-order valence-corrected chi connectivity index (χ3v) is 8.56. The lowest BCUT2D eigenvalue weighted by Crippen LogP contribution is -2.21. The molecule has 0 aliphatic rings. The Hall–Kier alpha value is -6.80. The smallest absolute Gasteiger partial charge is 0.262 e. The Labute approximate surface area is 287 Å². The Morgan fingerprint density at radius 3 is 1.36 bits per heavy atom. The van der Waals surface area contributed by atoms with E-state index in [0.29, 0.717) is 33.9 Å². The average Bonchev–Trinajstić information content (AvgIpc) is 3.16. The molecule has 0 spiro atoms. The van der Waals surface area contributed by atoms with Crippen LogP contribution in [0.2, 0.25) is 0 Å². The van der Waals surface area contributed by atoms with Crippen molar-refractivity contribution < 1.29 is 19.1 Å². The van der Waals surface area contributed by atoms with E-state index in [1.165, 1.54) is 0 Å². The van der Waals surface area contributed by atoms with Crippen LogP contribution in [0.25, 0.3) is 54.5 Å². The number of para-hydroxylation sites is 2. The number of aromatic nitrogens is 2. The summed E-state index contributed by atoms with van der Waals surface area (Å²) in [4.78, 5) is 35.5. The minimum Gasteiger partial charge on any atom is -0.483 e. The molecule has 8 heteroatoms. The average molecular weight is 655 g/mol. The number of hydrogen-bond acceptors (Lipinski definition) is 6. The summed E-state index contributed by atoms with van der Waals surface area (Å²) >= 11 is 0. The summed E-state index contributed by atoms with van der Waals surface area (Å²) in [6.45, 7) is -0.478. The van der Waals surface area contributed by atoms with Crippen LogP contribution in [0.1, 0.15) is 0 Å². The van der Waals surface area contributed by atoms with Gasteiger partial charge in [-0.1, -0.05) is 97.1 Å². The second kappa shape index (κ2) is 13.4. The molecule has 8 rings (SSSR count). The molecule has 2 amide bonds. The van der Waals surface area contributed by atoms with Crippen LogP contribution in [-0.4, -0.2) is 35.0 Å². The normalized spacial score (nSPS) is 11.1. The van der Waals surface area contributed by atoms with E-state index in [9.17, 15) is 9.59 Å². The zero-order chi connectivity index (χ0) is 33.9. The van der Waals surface area contributed by atoms with Crippen LogP contribution in [0.15, 0.2) is 146 Å². The number of amides is 2. The number of fused-ring (bicyclic) bond motifs is 4. The van der Waals surface area contributed by atoms with Crippen LogP contribution in [-0.2, 0) is 9.59 Å². The van der Waals surface area contributed by atoms with Crippen molar-refractivity contribution in [2.75, 3.05) is 23.8 Å². The zero-order valence-corrected chi connectivity index (χ0v) is 26.8. The molecule has 8 aromatic rings. The molecule has 0 saturated heterocycles.